The number of rotatable bonds is 2. The van der Waals surface area contributed by atoms with E-state index in [0.29, 0.717) is 0 Å². The van der Waals surface area contributed by atoms with Gasteiger partial charge in [0, 0.05) is 29.5 Å². The smallest absolute Gasteiger partial charge is 0.115 e. The zero-order valence-electron chi connectivity index (χ0n) is 13.1. The van der Waals surface area contributed by atoms with E-state index in [1.54, 1.807) is 12.4 Å². The van der Waals surface area contributed by atoms with Crippen LogP contribution in [0, 0.1) is 13.8 Å². The van der Waals surface area contributed by atoms with Crippen LogP contribution in [-0.2, 0) is 0 Å². The molecule has 4 aromatic rings. The second-order valence-corrected chi connectivity index (χ2v) is 5.68. The maximum atomic E-state index is 4.59. The summed E-state index contributed by atoms with van der Waals surface area (Å²) in [6.45, 7) is 4.27. The third-order valence-corrected chi connectivity index (χ3v) is 4.11. The van der Waals surface area contributed by atoms with Crippen molar-refractivity contribution >= 4 is 10.9 Å². The topological polar surface area (TPSA) is 43.6 Å². The van der Waals surface area contributed by atoms with Crippen LogP contribution in [-0.4, -0.2) is 19.5 Å². The van der Waals surface area contributed by atoms with E-state index in [0.717, 1.165) is 22.2 Å². The Balaban J connectivity index is 1.89. The van der Waals surface area contributed by atoms with E-state index < -0.39 is 0 Å². The second-order valence-electron chi connectivity index (χ2n) is 5.68. The zero-order chi connectivity index (χ0) is 15.8. The maximum Gasteiger partial charge on any atom is 0.115 e. The lowest BCUT2D eigenvalue weighted by Crippen LogP contribution is -1.98. The maximum absolute atomic E-state index is 4.59. The molecule has 0 saturated heterocycles. The van der Waals surface area contributed by atoms with Crippen molar-refractivity contribution in [1.29, 1.82) is 0 Å². The Labute approximate surface area is 134 Å². The van der Waals surface area contributed by atoms with E-state index in [1.807, 2.05) is 6.20 Å². The molecule has 0 atom stereocenters. The van der Waals surface area contributed by atoms with Gasteiger partial charge in [-0.1, -0.05) is 18.2 Å². The molecule has 0 fully saturated rings. The summed E-state index contributed by atoms with van der Waals surface area (Å²) in [5.41, 5.74) is 6.64. The molecule has 3 aromatic heterocycles. The number of nitrogens with zero attached hydrogens (tertiary/aromatic N) is 4. The van der Waals surface area contributed by atoms with Crippen LogP contribution < -0.4 is 0 Å². The van der Waals surface area contributed by atoms with Gasteiger partial charge in [-0.25, -0.2) is 9.97 Å². The molecule has 0 aliphatic carbocycles. The molecule has 4 rings (SSSR count). The summed E-state index contributed by atoms with van der Waals surface area (Å²) >= 11 is 0. The minimum atomic E-state index is 0.886. The summed E-state index contributed by atoms with van der Waals surface area (Å²) in [5.74, 6) is 0. The molecule has 4 heteroatoms. The van der Waals surface area contributed by atoms with Gasteiger partial charge in [0.1, 0.15) is 6.33 Å². The van der Waals surface area contributed by atoms with E-state index in [4.69, 9.17) is 0 Å². The number of hydrogen-bond acceptors (Lipinski definition) is 3. The van der Waals surface area contributed by atoms with Crippen LogP contribution in [0.4, 0.5) is 0 Å². The molecule has 0 bridgehead atoms. The number of aromatic nitrogens is 4. The standard InChI is InChI=1S/C19H16N4/c1-13-4-3-5-14(2)19(13)23-7-6-15-8-17(22-11-18(15)23)16-9-20-12-21-10-16/h3-12H,1-2H3. The highest BCUT2D eigenvalue weighted by Crippen LogP contribution is 2.27. The summed E-state index contributed by atoms with van der Waals surface area (Å²) in [5, 5.41) is 1.15. The van der Waals surface area contributed by atoms with E-state index in [9.17, 15) is 0 Å². The lowest BCUT2D eigenvalue weighted by Gasteiger charge is -2.12. The van der Waals surface area contributed by atoms with Crippen molar-refractivity contribution in [2.45, 2.75) is 13.8 Å². The molecule has 1 aromatic carbocycles. The van der Waals surface area contributed by atoms with Crippen LogP contribution in [0.15, 0.2) is 61.4 Å². The minimum Gasteiger partial charge on any atom is -0.315 e. The number of benzene rings is 1. The molecule has 0 aliphatic heterocycles. The number of fused-ring (bicyclic) bond motifs is 1. The molecular formula is C19H16N4. The summed E-state index contributed by atoms with van der Waals surface area (Å²) < 4.78 is 2.21. The van der Waals surface area contributed by atoms with Crippen LogP contribution in [0.2, 0.25) is 0 Å². The Kier molecular flexibility index (Phi) is 3.15. The highest BCUT2D eigenvalue weighted by molar-refractivity contribution is 5.85. The first kappa shape index (κ1) is 13.6. The van der Waals surface area contributed by atoms with Gasteiger partial charge in [0.25, 0.3) is 0 Å². The van der Waals surface area contributed by atoms with E-state index in [-0.39, 0.29) is 0 Å². The van der Waals surface area contributed by atoms with Gasteiger partial charge in [-0.05, 0) is 37.1 Å². The largest absolute Gasteiger partial charge is 0.315 e. The fourth-order valence-corrected chi connectivity index (χ4v) is 3.00. The quantitative estimate of drug-likeness (QED) is 0.560. The summed E-state index contributed by atoms with van der Waals surface area (Å²) in [4.78, 5) is 12.7. The van der Waals surface area contributed by atoms with Gasteiger partial charge >= 0.3 is 0 Å². The molecule has 23 heavy (non-hydrogen) atoms. The summed E-state index contributed by atoms with van der Waals surface area (Å²) in [7, 11) is 0. The summed E-state index contributed by atoms with van der Waals surface area (Å²) in [6, 6.07) is 10.6. The average Bonchev–Trinajstić information content (AvgIpc) is 2.99. The minimum absolute atomic E-state index is 0.886. The van der Waals surface area contributed by atoms with Gasteiger partial charge in [-0.3, -0.25) is 4.98 Å². The fraction of sp³-hybridized carbons (Fsp3) is 0.105. The predicted molar refractivity (Wildman–Crippen MR) is 91.6 cm³/mol. The zero-order valence-corrected chi connectivity index (χ0v) is 13.1. The van der Waals surface area contributed by atoms with Crippen molar-refractivity contribution < 1.29 is 0 Å². The molecule has 0 N–H and O–H groups in total. The third-order valence-electron chi connectivity index (χ3n) is 4.11. The van der Waals surface area contributed by atoms with Gasteiger partial charge < -0.3 is 4.57 Å². The molecule has 0 saturated carbocycles. The molecule has 112 valence electrons. The van der Waals surface area contributed by atoms with Gasteiger partial charge in [0.2, 0.25) is 0 Å². The van der Waals surface area contributed by atoms with E-state index in [2.05, 4.69) is 69.9 Å². The molecule has 0 unspecified atom stereocenters. The highest BCUT2D eigenvalue weighted by atomic mass is 15.0. The van der Waals surface area contributed by atoms with E-state index in [1.165, 1.54) is 23.1 Å². The van der Waals surface area contributed by atoms with Crippen LogP contribution >= 0.6 is 0 Å². The lowest BCUT2D eigenvalue weighted by molar-refractivity contribution is 1.07. The monoisotopic (exact) mass is 300 g/mol. The van der Waals surface area contributed by atoms with Crippen molar-refractivity contribution in [1.82, 2.24) is 19.5 Å². The van der Waals surface area contributed by atoms with Crippen molar-refractivity contribution in [3.8, 4) is 16.9 Å². The van der Waals surface area contributed by atoms with E-state index >= 15 is 0 Å². The normalized spacial score (nSPS) is 11.0. The SMILES string of the molecule is Cc1cccc(C)c1-n1ccc2cc(-c3cncnc3)ncc21. The van der Waals surface area contributed by atoms with Crippen LogP contribution in [0.3, 0.4) is 0 Å². The highest BCUT2D eigenvalue weighted by Gasteiger charge is 2.10. The van der Waals surface area contributed by atoms with Crippen molar-refractivity contribution in [2.24, 2.45) is 0 Å². The number of aryl methyl sites for hydroxylation is 2. The van der Waals surface area contributed by atoms with Gasteiger partial charge in [0.05, 0.1) is 23.1 Å². The molecule has 0 spiro atoms. The average molecular weight is 300 g/mol. The van der Waals surface area contributed by atoms with Gasteiger partial charge in [0.15, 0.2) is 0 Å². The predicted octanol–water partition coefficient (Wildman–Crippen LogP) is 4.10. The Morgan fingerprint density at radius 3 is 2.39 bits per heavy atom. The molecule has 0 radical (unpaired) electrons. The molecule has 0 aliphatic rings. The Morgan fingerprint density at radius 1 is 0.913 bits per heavy atom. The fourth-order valence-electron chi connectivity index (χ4n) is 3.00. The van der Waals surface area contributed by atoms with Crippen LogP contribution in [0.25, 0.3) is 27.8 Å². The Hall–Kier alpha value is -3.01. The van der Waals surface area contributed by atoms with Crippen molar-refractivity contribution in [3.63, 3.8) is 0 Å². The first-order valence-electron chi connectivity index (χ1n) is 7.53. The number of hydrogen-bond donors (Lipinski definition) is 0. The molecule has 4 nitrogen and oxygen atoms in total. The van der Waals surface area contributed by atoms with Crippen LogP contribution in [0.1, 0.15) is 11.1 Å². The number of para-hydroxylation sites is 1. The first-order valence-corrected chi connectivity index (χ1v) is 7.53. The molecular weight excluding hydrogens is 284 g/mol. The Bertz CT molecular complexity index is 967. The molecule has 3 heterocycles. The third kappa shape index (κ3) is 2.28. The number of pyridine rings is 1. The Morgan fingerprint density at radius 2 is 1.65 bits per heavy atom. The van der Waals surface area contributed by atoms with Crippen molar-refractivity contribution in [2.75, 3.05) is 0 Å². The van der Waals surface area contributed by atoms with Crippen LogP contribution in [0.5, 0.6) is 0 Å². The van der Waals surface area contributed by atoms with Crippen molar-refractivity contribution in [3.05, 3.63) is 72.6 Å². The van der Waals surface area contributed by atoms with Gasteiger partial charge in [-0.2, -0.15) is 0 Å². The van der Waals surface area contributed by atoms with Gasteiger partial charge in [-0.15, -0.1) is 0 Å². The lowest BCUT2D eigenvalue weighted by atomic mass is 10.1. The molecule has 0 amide bonds. The second kappa shape index (κ2) is 5.32. The summed E-state index contributed by atoms with van der Waals surface area (Å²) in [6.07, 6.45) is 9.11. The first-order chi connectivity index (χ1) is 11.2.